The van der Waals surface area contributed by atoms with Gasteiger partial charge < -0.3 is 15.0 Å². The molecule has 5 rings (SSSR count). The largest absolute Gasteiger partial charge is 0.494 e. The smallest absolute Gasteiger partial charge is 0.263 e. The van der Waals surface area contributed by atoms with Crippen molar-refractivity contribution in [3.63, 3.8) is 0 Å². The number of anilines is 1. The second-order valence-corrected chi connectivity index (χ2v) is 9.54. The van der Waals surface area contributed by atoms with Crippen LogP contribution in [-0.4, -0.2) is 42.8 Å². The SMILES string of the molecule is [C-]#[N+]c1ccc(-c2nc(N3CCC4(CCNC4)CC3)c(C)c(=O)n2-c2ccc(OC)c(F)c2)cc1F. The molecule has 0 bridgehead atoms. The Morgan fingerprint density at radius 1 is 1.11 bits per heavy atom. The van der Waals surface area contributed by atoms with E-state index in [0.29, 0.717) is 22.4 Å². The number of piperidine rings is 1. The molecule has 3 heterocycles. The Kier molecular flexibility index (Phi) is 6.22. The van der Waals surface area contributed by atoms with Crippen molar-refractivity contribution in [3.8, 4) is 22.8 Å². The summed E-state index contributed by atoms with van der Waals surface area (Å²) >= 11 is 0. The number of nitrogens with one attached hydrogen (secondary N) is 1. The fraction of sp³-hybridized carbons (Fsp3) is 0.370. The molecule has 186 valence electrons. The van der Waals surface area contributed by atoms with E-state index >= 15 is 0 Å². The monoisotopic (exact) mass is 491 g/mol. The number of benzene rings is 2. The molecule has 1 aromatic heterocycles. The standard InChI is InChI=1S/C27H27F2N5O2/c1-17-24(33-12-9-27(10-13-33)8-11-31-16-27)32-25(18-4-6-22(30-2)20(28)14-18)34(26(17)35)19-5-7-23(36-3)21(29)15-19/h4-7,14-15,31H,8-13,16H2,1,3H3. The third-order valence-corrected chi connectivity index (χ3v) is 7.46. The number of ether oxygens (including phenoxy) is 1. The van der Waals surface area contributed by atoms with Crippen molar-refractivity contribution in [1.82, 2.24) is 14.9 Å². The van der Waals surface area contributed by atoms with E-state index in [-0.39, 0.29) is 28.5 Å². The van der Waals surface area contributed by atoms with Crippen molar-refractivity contribution in [2.75, 3.05) is 38.2 Å². The highest BCUT2D eigenvalue weighted by molar-refractivity contribution is 5.66. The molecule has 3 aromatic rings. The minimum Gasteiger partial charge on any atom is -0.494 e. The molecule has 2 aliphatic rings. The van der Waals surface area contributed by atoms with Crippen LogP contribution in [-0.2, 0) is 0 Å². The first-order chi connectivity index (χ1) is 17.4. The minimum atomic E-state index is -0.708. The summed E-state index contributed by atoms with van der Waals surface area (Å²) in [7, 11) is 1.36. The van der Waals surface area contributed by atoms with Gasteiger partial charge in [-0.05, 0) is 56.3 Å². The zero-order valence-electron chi connectivity index (χ0n) is 20.3. The highest BCUT2D eigenvalue weighted by atomic mass is 19.1. The maximum Gasteiger partial charge on any atom is 0.263 e. The molecule has 0 aliphatic carbocycles. The third kappa shape index (κ3) is 4.11. The van der Waals surface area contributed by atoms with Crippen molar-refractivity contribution in [1.29, 1.82) is 0 Å². The Balaban J connectivity index is 1.65. The van der Waals surface area contributed by atoms with E-state index in [1.807, 2.05) is 0 Å². The average Bonchev–Trinajstić information content (AvgIpc) is 3.34. The molecular formula is C27H27F2N5O2. The van der Waals surface area contributed by atoms with E-state index in [9.17, 15) is 13.6 Å². The lowest BCUT2D eigenvalue weighted by molar-refractivity contribution is 0.247. The van der Waals surface area contributed by atoms with Gasteiger partial charge in [-0.1, -0.05) is 12.1 Å². The van der Waals surface area contributed by atoms with Gasteiger partial charge in [0.15, 0.2) is 11.6 Å². The van der Waals surface area contributed by atoms with Gasteiger partial charge in [-0.25, -0.2) is 18.6 Å². The van der Waals surface area contributed by atoms with E-state index in [2.05, 4.69) is 15.1 Å². The molecule has 36 heavy (non-hydrogen) atoms. The summed E-state index contributed by atoms with van der Waals surface area (Å²) in [5.74, 6) is -0.555. The molecule has 0 saturated carbocycles. The van der Waals surface area contributed by atoms with Gasteiger partial charge in [-0.15, -0.1) is 0 Å². The molecule has 0 unspecified atom stereocenters. The van der Waals surface area contributed by atoms with Gasteiger partial charge in [0, 0.05) is 31.3 Å². The van der Waals surface area contributed by atoms with Crippen LogP contribution in [0.3, 0.4) is 0 Å². The predicted molar refractivity (Wildman–Crippen MR) is 134 cm³/mol. The molecule has 2 saturated heterocycles. The van der Waals surface area contributed by atoms with Crippen LogP contribution in [0.1, 0.15) is 24.8 Å². The van der Waals surface area contributed by atoms with Gasteiger partial charge in [0.25, 0.3) is 5.56 Å². The topological polar surface area (TPSA) is 63.8 Å². The normalized spacial score (nSPS) is 16.8. The van der Waals surface area contributed by atoms with Gasteiger partial charge in [-0.3, -0.25) is 9.36 Å². The van der Waals surface area contributed by atoms with Crippen LogP contribution in [0.15, 0.2) is 41.2 Å². The van der Waals surface area contributed by atoms with Crippen molar-refractivity contribution in [2.24, 2.45) is 5.41 Å². The first kappa shape index (κ1) is 23.9. The molecular weight excluding hydrogens is 464 g/mol. The zero-order valence-corrected chi connectivity index (χ0v) is 20.3. The number of hydrogen-bond acceptors (Lipinski definition) is 5. The Labute approximate surface area is 208 Å². The van der Waals surface area contributed by atoms with Gasteiger partial charge in [0.05, 0.1) is 24.9 Å². The second kappa shape index (κ2) is 9.36. The van der Waals surface area contributed by atoms with Crippen LogP contribution in [0, 0.1) is 30.5 Å². The van der Waals surface area contributed by atoms with Crippen LogP contribution in [0.2, 0.25) is 0 Å². The van der Waals surface area contributed by atoms with Crippen molar-refractivity contribution in [2.45, 2.75) is 26.2 Å². The molecule has 2 fully saturated rings. The summed E-state index contributed by atoms with van der Waals surface area (Å²) < 4.78 is 35.5. The molecule has 2 aromatic carbocycles. The fourth-order valence-electron chi connectivity index (χ4n) is 5.28. The third-order valence-electron chi connectivity index (χ3n) is 7.46. The first-order valence-electron chi connectivity index (χ1n) is 12.0. The molecule has 9 heteroatoms. The zero-order chi connectivity index (χ0) is 25.4. The summed E-state index contributed by atoms with van der Waals surface area (Å²) in [6.07, 6.45) is 3.14. The Bertz CT molecular complexity index is 1410. The molecule has 1 spiro atoms. The van der Waals surface area contributed by atoms with Crippen molar-refractivity contribution >= 4 is 11.5 Å². The Morgan fingerprint density at radius 3 is 2.50 bits per heavy atom. The quantitative estimate of drug-likeness (QED) is 0.540. The van der Waals surface area contributed by atoms with Crippen molar-refractivity contribution in [3.05, 3.63) is 75.4 Å². The molecule has 0 atom stereocenters. The highest BCUT2D eigenvalue weighted by Crippen LogP contribution is 2.39. The maximum absolute atomic E-state index is 14.6. The maximum atomic E-state index is 14.6. The molecule has 7 nitrogen and oxygen atoms in total. The molecule has 1 N–H and O–H groups in total. The van der Waals surface area contributed by atoms with Gasteiger partial charge in [0.2, 0.25) is 5.69 Å². The minimum absolute atomic E-state index is 0.0470. The summed E-state index contributed by atoms with van der Waals surface area (Å²) in [6.45, 7) is 12.4. The van der Waals surface area contributed by atoms with Crippen molar-refractivity contribution < 1.29 is 13.5 Å². The number of halogens is 2. The first-order valence-corrected chi connectivity index (χ1v) is 12.0. The van der Waals surface area contributed by atoms with E-state index in [0.717, 1.165) is 45.4 Å². The van der Waals surface area contributed by atoms with Crippen LogP contribution in [0.4, 0.5) is 20.3 Å². The van der Waals surface area contributed by atoms with Gasteiger partial charge >= 0.3 is 0 Å². The predicted octanol–water partition coefficient (Wildman–Crippen LogP) is 4.63. The summed E-state index contributed by atoms with van der Waals surface area (Å²) in [5, 5.41) is 3.46. The number of hydrogen-bond donors (Lipinski definition) is 1. The number of nitrogens with zero attached hydrogens (tertiary/aromatic N) is 4. The molecule has 2 aliphatic heterocycles. The summed E-state index contributed by atoms with van der Waals surface area (Å²) in [4.78, 5) is 23.9. The highest BCUT2D eigenvalue weighted by Gasteiger charge is 2.38. The summed E-state index contributed by atoms with van der Waals surface area (Å²) in [5.41, 5.74) is 0.817. The number of aromatic nitrogens is 2. The van der Waals surface area contributed by atoms with Crippen LogP contribution in [0.25, 0.3) is 21.9 Å². The number of rotatable bonds is 4. The van der Waals surface area contributed by atoms with E-state index < -0.39 is 11.6 Å². The summed E-state index contributed by atoms with van der Waals surface area (Å²) in [6, 6.07) is 8.32. The Morgan fingerprint density at radius 2 is 1.89 bits per heavy atom. The van der Waals surface area contributed by atoms with Crippen LogP contribution < -0.4 is 20.5 Å². The fourth-order valence-corrected chi connectivity index (χ4v) is 5.28. The lowest BCUT2D eigenvalue weighted by Gasteiger charge is -2.40. The number of methoxy groups -OCH3 is 1. The van der Waals surface area contributed by atoms with Crippen LogP contribution in [0.5, 0.6) is 5.75 Å². The van der Waals surface area contributed by atoms with Gasteiger partial charge in [0.1, 0.15) is 17.5 Å². The molecule has 0 amide bonds. The average molecular weight is 492 g/mol. The van der Waals surface area contributed by atoms with E-state index in [1.165, 1.54) is 35.9 Å². The van der Waals surface area contributed by atoms with Gasteiger partial charge in [-0.2, -0.15) is 0 Å². The lowest BCUT2D eigenvalue weighted by atomic mass is 9.78. The van der Waals surface area contributed by atoms with E-state index in [1.54, 1.807) is 19.1 Å². The second-order valence-electron chi connectivity index (χ2n) is 9.54. The van der Waals surface area contributed by atoms with E-state index in [4.69, 9.17) is 16.3 Å². The molecule has 0 radical (unpaired) electrons. The lowest BCUT2D eigenvalue weighted by Crippen LogP contribution is -2.43. The van der Waals surface area contributed by atoms with Crippen LogP contribution >= 0.6 is 0 Å². The Hall–Kier alpha value is -3.77.